The fourth-order valence-electron chi connectivity index (χ4n) is 10.6. The molecule has 0 atom stereocenters. The van der Waals surface area contributed by atoms with Crippen LogP contribution in [0.25, 0.3) is 50.1 Å². The highest BCUT2D eigenvalue weighted by Gasteiger charge is 2.51. The summed E-state index contributed by atoms with van der Waals surface area (Å²) < 4.78 is 0. The number of fused-ring (bicyclic) bond motifs is 11. The highest BCUT2D eigenvalue weighted by atomic mass is 15.1. The Morgan fingerprint density at radius 1 is 0.391 bits per heavy atom. The van der Waals surface area contributed by atoms with Crippen molar-refractivity contribution < 1.29 is 0 Å². The van der Waals surface area contributed by atoms with Crippen LogP contribution in [0.5, 0.6) is 0 Å². The second-order valence-corrected chi connectivity index (χ2v) is 16.9. The van der Waals surface area contributed by atoms with Gasteiger partial charge >= 0.3 is 0 Å². The predicted octanol–water partition coefficient (Wildman–Crippen LogP) is 16.1. The summed E-state index contributed by atoms with van der Waals surface area (Å²) in [6.45, 7) is 5.29. The average molecular weight is 817 g/mol. The molecule has 2 aliphatic carbocycles. The summed E-state index contributed by atoms with van der Waals surface area (Å²) in [4.78, 5) is 4.78. The van der Waals surface area contributed by atoms with Gasteiger partial charge in [-0.15, -0.1) is 0 Å². The molecule has 3 aliphatic rings. The van der Waals surface area contributed by atoms with Gasteiger partial charge in [0.05, 0.1) is 5.41 Å². The number of hydrogen-bond donors (Lipinski definition) is 0. The SMILES string of the molecule is C=C1/C=C\C=C/CN(c2ccccc2)c2ccc(-c3ccc(N(c4ccc(-c5ccccc5)cc4)c4ccc5c(c4)C4(c6ccccc6-c6ccccc64)c4ccccc4-5)cc3)cc21. The van der Waals surface area contributed by atoms with Gasteiger partial charge in [-0.1, -0.05) is 189 Å². The van der Waals surface area contributed by atoms with E-state index >= 15 is 0 Å². The summed E-state index contributed by atoms with van der Waals surface area (Å²) in [6.07, 6.45) is 8.51. The lowest BCUT2D eigenvalue weighted by molar-refractivity contribution is 0.793. The van der Waals surface area contributed by atoms with Crippen molar-refractivity contribution in [3.05, 3.63) is 277 Å². The molecule has 302 valence electrons. The molecule has 0 fully saturated rings. The highest BCUT2D eigenvalue weighted by molar-refractivity contribution is 5.96. The molecule has 0 saturated heterocycles. The summed E-state index contributed by atoms with van der Waals surface area (Å²) in [7, 11) is 0. The zero-order valence-corrected chi connectivity index (χ0v) is 35.4. The first kappa shape index (κ1) is 37.6. The lowest BCUT2D eigenvalue weighted by atomic mass is 9.70. The number of rotatable bonds is 6. The van der Waals surface area contributed by atoms with Crippen LogP contribution < -0.4 is 9.80 Å². The van der Waals surface area contributed by atoms with Gasteiger partial charge in [-0.3, -0.25) is 0 Å². The Balaban J connectivity index is 0.996. The molecule has 0 N–H and O–H groups in total. The second-order valence-electron chi connectivity index (χ2n) is 16.9. The summed E-state index contributed by atoms with van der Waals surface area (Å²) >= 11 is 0. The van der Waals surface area contributed by atoms with Crippen LogP contribution in [-0.2, 0) is 5.41 Å². The zero-order chi connectivity index (χ0) is 42.6. The van der Waals surface area contributed by atoms with Crippen LogP contribution in [0.3, 0.4) is 0 Å². The van der Waals surface area contributed by atoms with E-state index in [2.05, 4.69) is 259 Å². The van der Waals surface area contributed by atoms with Crippen molar-refractivity contribution in [1.82, 2.24) is 0 Å². The Kier molecular flexibility index (Phi) is 8.98. The normalized spacial score (nSPS) is 14.9. The van der Waals surface area contributed by atoms with Gasteiger partial charge in [0.25, 0.3) is 0 Å². The van der Waals surface area contributed by atoms with Gasteiger partial charge in [0.1, 0.15) is 0 Å². The zero-order valence-electron chi connectivity index (χ0n) is 35.4. The Labute approximate surface area is 375 Å². The first-order valence-corrected chi connectivity index (χ1v) is 22.2. The Hall–Kier alpha value is -8.20. The molecule has 0 saturated carbocycles. The minimum absolute atomic E-state index is 0.434. The fraction of sp³-hybridized carbons (Fsp3) is 0.0323. The molecule has 0 unspecified atom stereocenters. The third kappa shape index (κ3) is 5.95. The number of hydrogen-bond acceptors (Lipinski definition) is 2. The average Bonchev–Trinajstić information content (AvgIpc) is 3.85. The van der Waals surface area contributed by atoms with Gasteiger partial charge in [-0.2, -0.15) is 0 Å². The molecular formula is C62H44N2. The topological polar surface area (TPSA) is 6.48 Å². The molecule has 12 rings (SSSR count). The molecular weight excluding hydrogens is 773 g/mol. The van der Waals surface area contributed by atoms with Crippen molar-refractivity contribution in [2.75, 3.05) is 16.3 Å². The molecule has 0 radical (unpaired) electrons. The van der Waals surface area contributed by atoms with Crippen LogP contribution in [0, 0.1) is 0 Å². The molecule has 0 amide bonds. The van der Waals surface area contributed by atoms with Gasteiger partial charge in [0, 0.05) is 40.5 Å². The molecule has 0 aromatic heterocycles. The van der Waals surface area contributed by atoms with Crippen LogP contribution in [0.4, 0.5) is 28.4 Å². The molecule has 2 heteroatoms. The van der Waals surface area contributed by atoms with Crippen molar-refractivity contribution >= 4 is 34.0 Å². The fourth-order valence-corrected chi connectivity index (χ4v) is 10.6. The third-order valence-electron chi connectivity index (χ3n) is 13.5. The maximum absolute atomic E-state index is 4.53. The van der Waals surface area contributed by atoms with Gasteiger partial charge in [0.15, 0.2) is 0 Å². The van der Waals surface area contributed by atoms with E-state index in [9.17, 15) is 0 Å². The van der Waals surface area contributed by atoms with Gasteiger partial charge < -0.3 is 9.80 Å². The van der Waals surface area contributed by atoms with E-state index in [1.165, 1.54) is 55.6 Å². The van der Waals surface area contributed by atoms with Crippen LogP contribution >= 0.6 is 0 Å². The van der Waals surface area contributed by atoms with Crippen LogP contribution in [0.2, 0.25) is 0 Å². The first-order chi connectivity index (χ1) is 31.7. The number of allylic oxidation sites excluding steroid dienone is 4. The third-order valence-corrected chi connectivity index (χ3v) is 13.5. The van der Waals surface area contributed by atoms with Crippen molar-refractivity contribution in [3.63, 3.8) is 0 Å². The van der Waals surface area contributed by atoms with Crippen molar-refractivity contribution in [2.24, 2.45) is 0 Å². The minimum Gasteiger partial charge on any atom is -0.337 e. The Morgan fingerprint density at radius 2 is 0.875 bits per heavy atom. The van der Waals surface area contributed by atoms with E-state index in [1.54, 1.807) is 0 Å². The molecule has 9 aromatic rings. The standard InChI is InChI=1S/C62H44N2/c1-43-17-5-4-16-40-63(48-20-8-3-9-21-48)61-39-32-47(41-56(43)61)46-30-35-50(36-31-46)64(49-33-28-45(29-34-49)44-18-6-2-7-19-44)51-37-38-55-54-24-12-15-27-59(54)62(60(55)42-51)57-25-13-10-22-52(57)53-23-11-14-26-58(53)62/h2-39,41-42H,1,40H2/b16-4-,17-5-. The molecule has 64 heavy (non-hydrogen) atoms. The largest absolute Gasteiger partial charge is 0.337 e. The van der Waals surface area contributed by atoms with Crippen molar-refractivity contribution in [3.8, 4) is 44.5 Å². The summed E-state index contributed by atoms with van der Waals surface area (Å²) in [5, 5.41) is 0. The van der Waals surface area contributed by atoms with E-state index in [0.717, 1.165) is 57.2 Å². The molecule has 1 heterocycles. The quantitative estimate of drug-likeness (QED) is 0.165. The molecule has 1 aliphatic heterocycles. The smallest absolute Gasteiger partial charge is 0.0726 e. The highest BCUT2D eigenvalue weighted by Crippen LogP contribution is 2.63. The molecule has 1 spiro atoms. The maximum Gasteiger partial charge on any atom is 0.0726 e. The second kappa shape index (κ2) is 15.3. The van der Waals surface area contributed by atoms with Crippen LogP contribution in [-0.4, -0.2) is 6.54 Å². The van der Waals surface area contributed by atoms with Gasteiger partial charge in [-0.05, 0) is 133 Å². The van der Waals surface area contributed by atoms with Crippen molar-refractivity contribution in [1.29, 1.82) is 0 Å². The van der Waals surface area contributed by atoms with Gasteiger partial charge in [0.2, 0.25) is 0 Å². The molecule has 2 nitrogen and oxygen atoms in total. The predicted molar refractivity (Wildman–Crippen MR) is 269 cm³/mol. The molecule has 9 aromatic carbocycles. The van der Waals surface area contributed by atoms with E-state index in [1.807, 2.05) is 0 Å². The lowest BCUT2D eigenvalue weighted by Crippen LogP contribution is -2.26. The van der Waals surface area contributed by atoms with E-state index in [-0.39, 0.29) is 0 Å². The Morgan fingerprint density at radius 3 is 1.48 bits per heavy atom. The van der Waals surface area contributed by atoms with Gasteiger partial charge in [-0.25, -0.2) is 0 Å². The summed E-state index contributed by atoms with van der Waals surface area (Å²) in [6, 6.07) is 80.3. The van der Waals surface area contributed by atoms with E-state index in [0.29, 0.717) is 0 Å². The number of benzene rings is 9. The van der Waals surface area contributed by atoms with Crippen molar-refractivity contribution in [2.45, 2.75) is 5.41 Å². The number of nitrogens with zero attached hydrogens (tertiary/aromatic N) is 2. The maximum atomic E-state index is 4.53. The number of anilines is 5. The monoisotopic (exact) mass is 816 g/mol. The van der Waals surface area contributed by atoms with E-state index < -0.39 is 5.41 Å². The van der Waals surface area contributed by atoms with E-state index in [4.69, 9.17) is 0 Å². The minimum atomic E-state index is -0.434. The molecule has 0 bridgehead atoms. The first-order valence-electron chi connectivity index (χ1n) is 22.2. The van der Waals surface area contributed by atoms with Crippen LogP contribution in [0.1, 0.15) is 27.8 Å². The summed E-state index contributed by atoms with van der Waals surface area (Å²) in [5.41, 5.74) is 22.5. The van der Waals surface area contributed by atoms with Crippen LogP contribution in [0.15, 0.2) is 249 Å². The Bertz CT molecular complexity index is 3240. The summed E-state index contributed by atoms with van der Waals surface area (Å²) in [5.74, 6) is 0. The number of para-hydroxylation sites is 1. The lowest BCUT2D eigenvalue weighted by Gasteiger charge is -2.32.